The molecular weight excluding hydrogens is 414 g/mol. The molecule has 2 fully saturated rings. The lowest BCUT2D eigenvalue weighted by atomic mass is 9.63. The molecule has 2 aromatic heterocycles. The molecule has 1 N–H and O–H groups in total. The minimum absolute atomic E-state index is 0.127. The molecule has 1 saturated heterocycles. The van der Waals surface area contributed by atoms with Crippen LogP contribution >= 0.6 is 0 Å². The van der Waals surface area contributed by atoms with Gasteiger partial charge in [0.1, 0.15) is 11.3 Å². The van der Waals surface area contributed by atoms with Gasteiger partial charge in [-0.15, -0.1) is 0 Å². The zero-order chi connectivity index (χ0) is 22.4. The number of aromatic nitrogens is 2. The van der Waals surface area contributed by atoms with Gasteiger partial charge >= 0.3 is 0 Å². The molecule has 0 radical (unpaired) electrons. The van der Waals surface area contributed by atoms with Gasteiger partial charge < -0.3 is 10.2 Å². The molecule has 33 heavy (non-hydrogen) atoms. The molecule has 2 aliphatic heterocycles. The molecule has 1 saturated carbocycles. The van der Waals surface area contributed by atoms with E-state index >= 15 is 0 Å². The van der Waals surface area contributed by atoms with E-state index in [4.69, 9.17) is 4.99 Å². The normalized spacial score (nSPS) is 18.5. The Kier molecular flexibility index (Phi) is 4.87. The Hall–Kier alpha value is -3.32. The molecule has 3 aromatic rings. The van der Waals surface area contributed by atoms with E-state index < -0.39 is 0 Å². The maximum atomic E-state index is 12.6. The molecule has 1 spiro atoms. The van der Waals surface area contributed by atoms with Crippen LogP contribution in [0.5, 0.6) is 0 Å². The summed E-state index contributed by atoms with van der Waals surface area (Å²) >= 11 is 0. The van der Waals surface area contributed by atoms with E-state index in [0.717, 1.165) is 30.6 Å². The van der Waals surface area contributed by atoms with Crippen LogP contribution in [0.3, 0.4) is 0 Å². The highest BCUT2D eigenvalue weighted by molar-refractivity contribution is 5.94. The largest absolute Gasteiger partial charge is 0.347 e. The number of hydrogen-bond acceptors (Lipinski definition) is 5. The number of pyridine rings is 1. The van der Waals surface area contributed by atoms with E-state index in [1.807, 2.05) is 6.07 Å². The van der Waals surface area contributed by atoms with Crippen molar-refractivity contribution in [2.45, 2.75) is 38.6 Å². The second-order valence-electron chi connectivity index (χ2n) is 9.72. The molecule has 6 rings (SSSR count). The first kappa shape index (κ1) is 20.3. The first-order valence-electron chi connectivity index (χ1n) is 11.7. The lowest BCUT2D eigenvalue weighted by Crippen LogP contribution is -2.59. The Labute approximate surface area is 192 Å². The van der Waals surface area contributed by atoms with Gasteiger partial charge in [0, 0.05) is 50.6 Å². The van der Waals surface area contributed by atoms with E-state index in [9.17, 15) is 9.59 Å². The molecule has 1 amide bonds. The molecular formula is C26H27N5O2. The lowest BCUT2D eigenvalue weighted by molar-refractivity contribution is -0.0578. The highest BCUT2D eigenvalue weighted by atomic mass is 16.2. The minimum Gasteiger partial charge on any atom is -0.347 e. The van der Waals surface area contributed by atoms with Gasteiger partial charge in [-0.3, -0.25) is 19.0 Å². The summed E-state index contributed by atoms with van der Waals surface area (Å²) in [7, 11) is 0. The Bertz CT molecular complexity index is 1330. The lowest BCUT2D eigenvalue weighted by Gasteiger charge is -2.56. The van der Waals surface area contributed by atoms with Crippen LogP contribution < -0.4 is 10.9 Å². The molecule has 4 heterocycles. The molecule has 0 bridgehead atoms. The molecule has 1 aliphatic carbocycles. The summed E-state index contributed by atoms with van der Waals surface area (Å²) in [6, 6.07) is 12.7. The third kappa shape index (κ3) is 3.86. The second-order valence-corrected chi connectivity index (χ2v) is 9.72. The number of rotatable bonds is 6. The van der Waals surface area contributed by atoms with Crippen molar-refractivity contribution >= 4 is 23.0 Å². The van der Waals surface area contributed by atoms with Crippen molar-refractivity contribution in [2.24, 2.45) is 10.4 Å². The zero-order valence-electron chi connectivity index (χ0n) is 18.6. The summed E-state index contributed by atoms with van der Waals surface area (Å²) in [6.07, 6.45) is 7.84. The maximum Gasteiger partial charge on any atom is 0.270 e. The molecule has 3 aliphatic rings. The van der Waals surface area contributed by atoms with Crippen molar-refractivity contribution in [1.29, 1.82) is 0 Å². The van der Waals surface area contributed by atoms with Gasteiger partial charge in [-0.2, -0.15) is 0 Å². The quantitative estimate of drug-likeness (QED) is 0.638. The Morgan fingerprint density at radius 1 is 1.12 bits per heavy atom. The van der Waals surface area contributed by atoms with Crippen LogP contribution in [-0.2, 0) is 13.0 Å². The summed E-state index contributed by atoms with van der Waals surface area (Å²) in [4.78, 5) is 36.6. The fourth-order valence-electron chi connectivity index (χ4n) is 5.33. The maximum absolute atomic E-state index is 12.6. The minimum atomic E-state index is -0.359. The number of aliphatic imine (C=N–C) groups is 1. The fraction of sp³-hybridized carbons (Fsp3) is 0.385. The molecule has 7 heteroatoms. The standard InChI is InChI=1S/C26H27N5O2/c32-24-14-22(29-23-4-1-2-10-31(23)24)25(33)27-15-18-5-6-19-13-20(28-21(19)12-18)7-11-30-16-26(17-30)8-3-9-26/h1-2,4-6,10,12,14H,3,7-9,11,13,15-17H2,(H,27,33). The number of nitrogens with zero attached hydrogens (tertiary/aromatic N) is 4. The van der Waals surface area contributed by atoms with Gasteiger partial charge in [0.2, 0.25) is 0 Å². The van der Waals surface area contributed by atoms with Crippen LogP contribution in [0.4, 0.5) is 5.69 Å². The van der Waals surface area contributed by atoms with Crippen molar-refractivity contribution in [1.82, 2.24) is 19.6 Å². The van der Waals surface area contributed by atoms with E-state index in [-0.39, 0.29) is 17.2 Å². The van der Waals surface area contributed by atoms with Crippen LogP contribution in [0.25, 0.3) is 5.65 Å². The van der Waals surface area contributed by atoms with Crippen LogP contribution in [-0.4, -0.2) is 45.5 Å². The van der Waals surface area contributed by atoms with Gasteiger partial charge in [0.05, 0.1) is 5.69 Å². The first-order chi connectivity index (χ1) is 16.1. The summed E-state index contributed by atoms with van der Waals surface area (Å²) in [5.41, 5.74) is 5.49. The van der Waals surface area contributed by atoms with E-state index in [1.165, 1.54) is 54.1 Å². The van der Waals surface area contributed by atoms with Crippen molar-refractivity contribution < 1.29 is 4.79 Å². The number of carbonyl (C=O) groups excluding carboxylic acids is 1. The Balaban J connectivity index is 1.06. The zero-order valence-corrected chi connectivity index (χ0v) is 18.6. The number of nitrogens with one attached hydrogen (secondary N) is 1. The number of fused-ring (bicyclic) bond motifs is 2. The molecule has 7 nitrogen and oxygen atoms in total. The summed E-state index contributed by atoms with van der Waals surface area (Å²) in [5, 5.41) is 2.88. The van der Waals surface area contributed by atoms with Gasteiger partial charge in [-0.1, -0.05) is 24.6 Å². The summed E-state index contributed by atoms with van der Waals surface area (Å²) < 4.78 is 1.42. The van der Waals surface area contributed by atoms with Crippen molar-refractivity contribution in [3.8, 4) is 0 Å². The number of amides is 1. The van der Waals surface area contributed by atoms with Crippen LogP contribution in [0.15, 0.2) is 58.4 Å². The second kappa shape index (κ2) is 7.92. The SMILES string of the molecule is O=C(NCc1ccc2c(c1)N=C(CCN1CC3(CCC3)C1)C2)c1cc(=O)n2ccccc2n1. The molecule has 1 aromatic carbocycles. The third-order valence-corrected chi connectivity index (χ3v) is 7.33. The molecule has 0 atom stereocenters. The average Bonchev–Trinajstić information content (AvgIpc) is 3.17. The topological polar surface area (TPSA) is 79.1 Å². The predicted molar refractivity (Wildman–Crippen MR) is 127 cm³/mol. The van der Waals surface area contributed by atoms with Crippen LogP contribution in [0.2, 0.25) is 0 Å². The average molecular weight is 442 g/mol. The molecule has 0 unspecified atom stereocenters. The monoisotopic (exact) mass is 441 g/mol. The van der Waals surface area contributed by atoms with Gasteiger partial charge in [0.25, 0.3) is 11.5 Å². The third-order valence-electron chi connectivity index (χ3n) is 7.33. The van der Waals surface area contributed by atoms with E-state index in [1.54, 1.807) is 24.4 Å². The summed E-state index contributed by atoms with van der Waals surface area (Å²) in [6.45, 7) is 4.02. The first-order valence-corrected chi connectivity index (χ1v) is 11.7. The van der Waals surface area contributed by atoms with Crippen molar-refractivity contribution in [3.63, 3.8) is 0 Å². The fourth-order valence-corrected chi connectivity index (χ4v) is 5.33. The van der Waals surface area contributed by atoms with Crippen LogP contribution in [0, 0.1) is 5.41 Å². The van der Waals surface area contributed by atoms with E-state index in [0.29, 0.717) is 17.6 Å². The van der Waals surface area contributed by atoms with Crippen molar-refractivity contribution in [2.75, 3.05) is 19.6 Å². The predicted octanol–water partition coefficient (Wildman–Crippen LogP) is 3.13. The number of hydrogen-bond donors (Lipinski definition) is 1. The Morgan fingerprint density at radius 2 is 2.00 bits per heavy atom. The van der Waals surface area contributed by atoms with Gasteiger partial charge in [-0.25, -0.2) is 4.98 Å². The van der Waals surface area contributed by atoms with Gasteiger partial charge in [-0.05, 0) is 54.0 Å². The van der Waals surface area contributed by atoms with Crippen LogP contribution in [0.1, 0.15) is 47.3 Å². The summed E-state index contributed by atoms with van der Waals surface area (Å²) in [5.74, 6) is -0.359. The molecule has 168 valence electrons. The number of carbonyl (C=O) groups is 1. The Morgan fingerprint density at radius 3 is 2.82 bits per heavy atom. The van der Waals surface area contributed by atoms with Gasteiger partial charge in [0.15, 0.2) is 0 Å². The highest BCUT2D eigenvalue weighted by Crippen LogP contribution is 2.48. The van der Waals surface area contributed by atoms with Crippen molar-refractivity contribution in [3.05, 3.63) is 75.8 Å². The number of likely N-dealkylation sites (tertiary alicyclic amines) is 1. The highest BCUT2D eigenvalue weighted by Gasteiger charge is 2.46. The smallest absolute Gasteiger partial charge is 0.270 e. The number of benzene rings is 1. The van der Waals surface area contributed by atoms with E-state index in [2.05, 4.69) is 27.3 Å².